The van der Waals surface area contributed by atoms with Gasteiger partial charge in [-0.3, -0.25) is 4.79 Å². The fourth-order valence-electron chi connectivity index (χ4n) is 4.45. The van der Waals surface area contributed by atoms with Gasteiger partial charge in [-0.15, -0.1) is 0 Å². The molecular weight excluding hydrogens is 510 g/mol. The number of hydrogen-bond donors (Lipinski definition) is 11. The molecule has 216 valence electrons. The third-order valence-electron chi connectivity index (χ3n) is 6.49. The first-order chi connectivity index (χ1) is 17.4. The summed E-state index contributed by atoms with van der Waals surface area (Å²) in [5.41, 5.74) is 0. The van der Waals surface area contributed by atoms with Crippen molar-refractivity contribution in [1.82, 2.24) is 5.32 Å². The zero-order valence-corrected chi connectivity index (χ0v) is 19.7. The van der Waals surface area contributed by atoms with Crippen molar-refractivity contribution in [3.8, 4) is 0 Å². The van der Waals surface area contributed by atoms with Gasteiger partial charge in [0.1, 0.15) is 73.2 Å². The predicted molar refractivity (Wildman–Crippen MR) is 113 cm³/mol. The highest BCUT2D eigenvalue weighted by molar-refractivity contribution is 5.73. The van der Waals surface area contributed by atoms with E-state index in [0.29, 0.717) is 0 Å². The number of nitrogens with one attached hydrogen (secondary N) is 1. The summed E-state index contributed by atoms with van der Waals surface area (Å²) in [4.78, 5) is 12.0. The minimum Gasteiger partial charge on any atom is -0.394 e. The Morgan fingerprint density at radius 2 is 1.14 bits per heavy atom. The summed E-state index contributed by atoms with van der Waals surface area (Å²) < 4.78 is 27.1. The van der Waals surface area contributed by atoms with E-state index in [0.717, 1.165) is 6.92 Å². The molecule has 1 amide bonds. The van der Waals surface area contributed by atoms with Crippen LogP contribution in [-0.2, 0) is 28.5 Å². The topological polar surface area (TPSA) is 278 Å². The van der Waals surface area contributed by atoms with Crippen LogP contribution in [0.4, 0.5) is 0 Å². The third-order valence-corrected chi connectivity index (χ3v) is 6.49. The maximum atomic E-state index is 12.0. The lowest BCUT2D eigenvalue weighted by atomic mass is 9.94. The zero-order valence-electron chi connectivity index (χ0n) is 19.7. The molecular formula is C20H35NO16. The minimum atomic E-state index is -1.88. The molecule has 0 aromatic rings. The van der Waals surface area contributed by atoms with Crippen molar-refractivity contribution in [2.24, 2.45) is 0 Å². The Labute approximate surface area is 210 Å². The van der Waals surface area contributed by atoms with Gasteiger partial charge in [0.05, 0.1) is 19.8 Å². The fourth-order valence-corrected chi connectivity index (χ4v) is 4.45. The molecule has 0 aliphatic carbocycles. The quantitative estimate of drug-likeness (QED) is 0.135. The molecule has 3 saturated heterocycles. The molecule has 0 aromatic heterocycles. The number of carbonyl (C=O) groups is 1. The van der Waals surface area contributed by atoms with Gasteiger partial charge in [-0.05, 0) is 0 Å². The Bertz CT molecular complexity index is 745. The molecule has 3 aliphatic rings. The van der Waals surface area contributed by atoms with Crippen molar-refractivity contribution in [2.45, 2.75) is 99.0 Å². The van der Waals surface area contributed by atoms with Crippen molar-refractivity contribution < 1.29 is 79.5 Å². The second kappa shape index (κ2) is 12.8. The SMILES string of the molecule is CC(=O)N[C@H]1[C@H](O[C@@H]2[C@@H](O)[C@H](O)O[C@H](CO)[C@@H]2O)O[C@H](CO)[C@H](O)[C@@H]1O[C@@H]1O[C@H](CO)[C@H](O)[C@H](O)[C@H]1O. The number of ether oxygens (including phenoxy) is 5. The van der Waals surface area contributed by atoms with Crippen molar-refractivity contribution in [3.63, 3.8) is 0 Å². The van der Waals surface area contributed by atoms with Crippen molar-refractivity contribution >= 4 is 5.91 Å². The van der Waals surface area contributed by atoms with E-state index in [2.05, 4.69) is 5.32 Å². The molecule has 0 radical (unpaired) electrons. The van der Waals surface area contributed by atoms with Crippen molar-refractivity contribution in [3.05, 3.63) is 0 Å². The minimum absolute atomic E-state index is 0.694. The van der Waals surface area contributed by atoms with Crippen LogP contribution >= 0.6 is 0 Å². The van der Waals surface area contributed by atoms with Gasteiger partial charge in [0.25, 0.3) is 0 Å². The van der Waals surface area contributed by atoms with E-state index >= 15 is 0 Å². The molecule has 0 aromatic carbocycles. The molecule has 37 heavy (non-hydrogen) atoms. The first-order valence-corrected chi connectivity index (χ1v) is 11.6. The van der Waals surface area contributed by atoms with Crippen LogP contribution in [0.5, 0.6) is 0 Å². The summed E-state index contributed by atoms with van der Waals surface area (Å²) in [5, 5.41) is 103. The summed E-state index contributed by atoms with van der Waals surface area (Å²) in [7, 11) is 0. The zero-order chi connectivity index (χ0) is 27.6. The highest BCUT2D eigenvalue weighted by Crippen LogP contribution is 2.32. The first-order valence-electron chi connectivity index (χ1n) is 11.6. The van der Waals surface area contributed by atoms with Crippen molar-refractivity contribution in [1.29, 1.82) is 0 Å². The summed E-state index contributed by atoms with van der Waals surface area (Å²) >= 11 is 0. The van der Waals surface area contributed by atoms with Crippen LogP contribution in [0.3, 0.4) is 0 Å². The molecule has 3 aliphatic heterocycles. The Hall–Kier alpha value is -1.13. The Kier molecular flexibility index (Phi) is 10.5. The summed E-state index contributed by atoms with van der Waals surface area (Å²) in [6.07, 6.45) is -23.4. The average Bonchev–Trinajstić information content (AvgIpc) is 2.86. The third kappa shape index (κ3) is 6.38. The van der Waals surface area contributed by atoms with E-state index in [-0.39, 0.29) is 0 Å². The standard InChI is InChI=1S/C20H35NO16/c1-5(25)21-9-16(36-20-14(30)13(29)10(26)6(2-22)35-20)11(27)8(4-24)34-19(9)37-17-12(28)7(3-23)33-18(32)15(17)31/h6-20,22-24,26-32H,2-4H2,1H3,(H,21,25)/t6-,7-,8-,9-,10+,11+,12+,13+,14-,15-,16-,17+,18-,19+,20+/m1/s1. The molecule has 17 nitrogen and oxygen atoms in total. The smallest absolute Gasteiger partial charge is 0.217 e. The molecule has 0 saturated carbocycles. The summed E-state index contributed by atoms with van der Waals surface area (Å²) in [6, 6.07) is -1.48. The van der Waals surface area contributed by atoms with Gasteiger partial charge in [-0.1, -0.05) is 0 Å². The van der Waals surface area contributed by atoms with Gasteiger partial charge in [0.2, 0.25) is 5.91 Å². The Morgan fingerprint density at radius 1 is 0.649 bits per heavy atom. The van der Waals surface area contributed by atoms with E-state index in [1.165, 1.54) is 0 Å². The fraction of sp³-hybridized carbons (Fsp3) is 0.950. The van der Waals surface area contributed by atoms with Crippen LogP contribution in [0.15, 0.2) is 0 Å². The number of hydrogen-bond acceptors (Lipinski definition) is 16. The lowest BCUT2D eigenvalue weighted by molar-refractivity contribution is -0.363. The van der Waals surface area contributed by atoms with Gasteiger partial charge in [-0.25, -0.2) is 0 Å². The number of amides is 1. The van der Waals surface area contributed by atoms with Gasteiger partial charge < -0.3 is 80.1 Å². The summed E-state index contributed by atoms with van der Waals surface area (Å²) in [6.45, 7) is -1.25. The second-order valence-electron chi connectivity index (χ2n) is 9.07. The molecule has 3 fully saturated rings. The van der Waals surface area contributed by atoms with E-state index in [1.807, 2.05) is 0 Å². The molecule has 17 heteroatoms. The number of aliphatic hydroxyl groups excluding tert-OH is 10. The molecule has 15 atom stereocenters. The Morgan fingerprint density at radius 3 is 1.70 bits per heavy atom. The molecule has 3 rings (SSSR count). The first kappa shape index (κ1) is 30.4. The van der Waals surface area contributed by atoms with Gasteiger partial charge >= 0.3 is 0 Å². The largest absolute Gasteiger partial charge is 0.394 e. The van der Waals surface area contributed by atoms with Crippen molar-refractivity contribution in [2.75, 3.05) is 19.8 Å². The second-order valence-corrected chi connectivity index (χ2v) is 9.07. The molecule has 0 bridgehead atoms. The predicted octanol–water partition coefficient (Wildman–Crippen LogP) is -7.43. The highest BCUT2D eigenvalue weighted by atomic mass is 16.7. The highest BCUT2D eigenvalue weighted by Gasteiger charge is 2.54. The van der Waals surface area contributed by atoms with Crippen LogP contribution in [0, 0.1) is 0 Å². The van der Waals surface area contributed by atoms with Gasteiger partial charge in [0, 0.05) is 6.92 Å². The van der Waals surface area contributed by atoms with E-state index < -0.39 is 118 Å². The van der Waals surface area contributed by atoms with Crippen LogP contribution < -0.4 is 5.32 Å². The van der Waals surface area contributed by atoms with Crippen LogP contribution in [0.1, 0.15) is 6.92 Å². The number of rotatable bonds is 8. The van der Waals surface area contributed by atoms with E-state index in [1.54, 1.807) is 0 Å². The lowest BCUT2D eigenvalue weighted by Crippen LogP contribution is -2.69. The normalized spacial score (nSPS) is 49.0. The molecule has 11 N–H and O–H groups in total. The maximum Gasteiger partial charge on any atom is 0.217 e. The average molecular weight is 545 g/mol. The monoisotopic (exact) mass is 545 g/mol. The number of carbonyl (C=O) groups excluding carboxylic acids is 1. The summed E-state index contributed by atoms with van der Waals surface area (Å²) in [5.74, 6) is -0.694. The lowest BCUT2D eigenvalue weighted by Gasteiger charge is -2.49. The van der Waals surface area contributed by atoms with E-state index in [9.17, 15) is 55.9 Å². The molecule has 0 spiro atoms. The van der Waals surface area contributed by atoms with Crippen LogP contribution in [0.2, 0.25) is 0 Å². The van der Waals surface area contributed by atoms with Gasteiger partial charge in [0.15, 0.2) is 18.9 Å². The van der Waals surface area contributed by atoms with E-state index in [4.69, 9.17) is 23.7 Å². The Balaban J connectivity index is 1.90. The van der Waals surface area contributed by atoms with Crippen LogP contribution in [0.25, 0.3) is 0 Å². The maximum absolute atomic E-state index is 12.0. The molecule has 0 unspecified atom stereocenters. The number of aliphatic hydroxyl groups is 10. The molecule has 3 heterocycles. The van der Waals surface area contributed by atoms with Crippen LogP contribution in [-0.4, -0.2) is 169 Å². The van der Waals surface area contributed by atoms with Gasteiger partial charge in [-0.2, -0.15) is 0 Å².